The number of nitrogens with two attached hydrogens (primary N) is 1. The van der Waals surface area contributed by atoms with Gasteiger partial charge in [-0.15, -0.1) is 0 Å². The van der Waals surface area contributed by atoms with Crippen LogP contribution in [0.4, 0.5) is 10.1 Å². The van der Waals surface area contributed by atoms with Gasteiger partial charge in [-0.25, -0.2) is 4.39 Å². The third kappa shape index (κ3) is 4.71. The third-order valence-corrected chi connectivity index (χ3v) is 2.70. The molecular weight excluding hydrogens is 219 g/mol. The van der Waals surface area contributed by atoms with Crippen LogP contribution in [0.25, 0.3) is 0 Å². The van der Waals surface area contributed by atoms with Gasteiger partial charge in [0.1, 0.15) is 5.82 Å². The molecule has 0 bridgehead atoms. The number of anilines is 1. The second-order valence-corrected chi connectivity index (χ2v) is 4.23. The molecule has 1 rings (SSSR count). The summed E-state index contributed by atoms with van der Waals surface area (Å²) in [7, 11) is 3.53. The Morgan fingerprint density at radius 2 is 2.12 bits per heavy atom. The van der Waals surface area contributed by atoms with Crippen molar-refractivity contribution >= 4 is 5.69 Å². The first-order valence-corrected chi connectivity index (χ1v) is 5.85. The minimum atomic E-state index is -0.209. The lowest BCUT2D eigenvalue weighted by molar-refractivity contribution is 0.190. The summed E-state index contributed by atoms with van der Waals surface area (Å²) in [5.74, 6) is -0.209. The van der Waals surface area contributed by atoms with E-state index in [0.717, 1.165) is 19.4 Å². The Labute approximate surface area is 102 Å². The number of benzene rings is 1. The van der Waals surface area contributed by atoms with Gasteiger partial charge in [-0.3, -0.25) is 0 Å². The average molecular weight is 240 g/mol. The number of ether oxygens (including phenoxy) is 1. The first-order valence-electron chi connectivity index (χ1n) is 5.85. The van der Waals surface area contributed by atoms with E-state index >= 15 is 0 Å². The maximum Gasteiger partial charge on any atom is 0.146 e. The zero-order valence-corrected chi connectivity index (χ0v) is 10.5. The van der Waals surface area contributed by atoms with E-state index in [9.17, 15) is 4.39 Å². The van der Waals surface area contributed by atoms with Gasteiger partial charge >= 0.3 is 0 Å². The van der Waals surface area contributed by atoms with Crippen molar-refractivity contribution in [2.75, 3.05) is 32.2 Å². The predicted octanol–water partition coefficient (Wildman–Crippen LogP) is 2.02. The topological polar surface area (TPSA) is 38.5 Å². The van der Waals surface area contributed by atoms with Crippen LogP contribution < -0.4 is 10.6 Å². The molecule has 1 aromatic carbocycles. The minimum Gasteiger partial charge on any atom is -0.385 e. The quantitative estimate of drug-likeness (QED) is 0.741. The summed E-state index contributed by atoms with van der Waals surface area (Å²) < 4.78 is 18.5. The molecule has 96 valence electrons. The summed E-state index contributed by atoms with van der Waals surface area (Å²) in [5.41, 5.74) is 6.58. The lowest BCUT2D eigenvalue weighted by Crippen LogP contribution is -2.35. The molecule has 1 atom stereocenters. The van der Waals surface area contributed by atoms with Gasteiger partial charge in [0.25, 0.3) is 0 Å². The number of halogens is 1. The van der Waals surface area contributed by atoms with Crippen LogP contribution in [0, 0.1) is 5.82 Å². The summed E-state index contributed by atoms with van der Waals surface area (Å²) in [5, 5.41) is 0. The van der Waals surface area contributed by atoms with Gasteiger partial charge in [0, 0.05) is 33.4 Å². The highest BCUT2D eigenvalue weighted by atomic mass is 19.1. The molecule has 0 saturated carbocycles. The molecule has 0 aliphatic heterocycles. The molecule has 0 aliphatic carbocycles. The number of para-hydroxylation sites is 1. The average Bonchev–Trinajstić information content (AvgIpc) is 2.29. The normalized spacial score (nSPS) is 12.5. The lowest BCUT2D eigenvalue weighted by atomic mass is 10.1. The second-order valence-electron chi connectivity index (χ2n) is 4.23. The first-order chi connectivity index (χ1) is 8.15. The Morgan fingerprint density at radius 1 is 1.41 bits per heavy atom. The van der Waals surface area contributed by atoms with Crippen LogP contribution in [0.2, 0.25) is 0 Å². The highest BCUT2D eigenvalue weighted by Gasteiger charge is 2.10. The zero-order chi connectivity index (χ0) is 12.7. The highest BCUT2D eigenvalue weighted by molar-refractivity contribution is 5.46. The van der Waals surface area contributed by atoms with Gasteiger partial charge in [-0.1, -0.05) is 12.1 Å². The molecule has 1 aromatic rings. The lowest BCUT2D eigenvalue weighted by Gasteiger charge is -2.23. The van der Waals surface area contributed by atoms with E-state index in [0.29, 0.717) is 12.2 Å². The largest absolute Gasteiger partial charge is 0.385 e. The van der Waals surface area contributed by atoms with E-state index in [4.69, 9.17) is 10.5 Å². The van der Waals surface area contributed by atoms with E-state index in [2.05, 4.69) is 0 Å². The van der Waals surface area contributed by atoms with E-state index in [-0.39, 0.29) is 11.9 Å². The standard InChI is InChI=1S/C13H21FN2O/c1-16(10-11(15)6-5-9-17-2)13-8-4-3-7-12(13)14/h3-4,7-8,11H,5-6,9-10,15H2,1-2H3. The monoisotopic (exact) mass is 240 g/mol. The molecule has 0 fully saturated rings. The van der Waals surface area contributed by atoms with Crippen LogP contribution in [-0.4, -0.2) is 33.4 Å². The number of hydrogen-bond donors (Lipinski definition) is 1. The van der Waals surface area contributed by atoms with E-state index < -0.39 is 0 Å². The Hall–Kier alpha value is -1.13. The second kappa shape index (κ2) is 7.25. The van der Waals surface area contributed by atoms with Crippen LogP contribution in [0.1, 0.15) is 12.8 Å². The van der Waals surface area contributed by atoms with Crippen molar-refractivity contribution in [2.45, 2.75) is 18.9 Å². The smallest absolute Gasteiger partial charge is 0.146 e. The fourth-order valence-electron chi connectivity index (χ4n) is 1.79. The minimum absolute atomic E-state index is 0.0368. The summed E-state index contributed by atoms with van der Waals surface area (Å²) in [6.07, 6.45) is 1.81. The molecule has 0 heterocycles. The molecule has 3 nitrogen and oxygen atoms in total. The number of rotatable bonds is 7. The number of methoxy groups -OCH3 is 1. The Bertz CT molecular complexity index is 333. The molecule has 0 saturated heterocycles. The van der Waals surface area contributed by atoms with Crippen molar-refractivity contribution in [1.29, 1.82) is 0 Å². The van der Waals surface area contributed by atoms with Crippen LogP contribution in [-0.2, 0) is 4.74 Å². The van der Waals surface area contributed by atoms with Crippen LogP contribution in [0.15, 0.2) is 24.3 Å². The van der Waals surface area contributed by atoms with Gasteiger partial charge in [0.2, 0.25) is 0 Å². The molecule has 2 N–H and O–H groups in total. The molecule has 0 spiro atoms. The van der Waals surface area contributed by atoms with Crippen molar-refractivity contribution in [3.8, 4) is 0 Å². The Kier molecular flexibility index (Phi) is 5.94. The molecule has 0 radical (unpaired) electrons. The van der Waals surface area contributed by atoms with Gasteiger partial charge < -0.3 is 15.4 Å². The van der Waals surface area contributed by atoms with Crippen LogP contribution >= 0.6 is 0 Å². The summed E-state index contributed by atoms with van der Waals surface area (Å²) in [4.78, 5) is 1.85. The maximum absolute atomic E-state index is 13.5. The molecule has 17 heavy (non-hydrogen) atoms. The molecular formula is C13H21FN2O. The molecule has 0 aromatic heterocycles. The van der Waals surface area contributed by atoms with E-state index in [1.54, 1.807) is 19.2 Å². The fourth-order valence-corrected chi connectivity index (χ4v) is 1.79. The van der Waals surface area contributed by atoms with E-state index in [1.165, 1.54) is 6.07 Å². The van der Waals surface area contributed by atoms with Crippen molar-refractivity contribution in [1.82, 2.24) is 0 Å². The SMILES string of the molecule is COCCCC(N)CN(C)c1ccccc1F. The van der Waals surface area contributed by atoms with Crippen LogP contribution in [0.5, 0.6) is 0 Å². The van der Waals surface area contributed by atoms with Crippen molar-refractivity contribution < 1.29 is 9.13 Å². The van der Waals surface area contributed by atoms with Crippen molar-refractivity contribution in [3.05, 3.63) is 30.1 Å². The summed E-state index contributed by atoms with van der Waals surface area (Å²) in [6, 6.07) is 6.77. The summed E-state index contributed by atoms with van der Waals surface area (Å²) >= 11 is 0. The number of nitrogens with zero attached hydrogens (tertiary/aromatic N) is 1. The third-order valence-electron chi connectivity index (χ3n) is 2.70. The first kappa shape index (κ1) is 13.9. The highest BCUT2D eigenvalue weighted by Crippen LogP contribution is 2.17. The molecule has 0 amide bonds. The van der Waals surface area contributed by atoms with Crippen molar-refractivity contribution in [2.24, 2.45) is 5.73 Å². The number of hydrogen-bond acceptors (Lipinski definition) is 3. The number of likely N-dealkylation sites (N-methyl/N-ethyl adjacent to an activating group) is 1. The molecule has 4 heteroatoms. The van der Waals surface area contributed by atoms with Crippen molar-refractivity contribution in [3.63, 3.8) is 0 Å². The Balaban J connectivity index is 2.43. The Morgan fingerprint density at radius 3 is 2.76 bits per heavy atom. The fraction of sp³-hybridized carbons (Fsp3) is 0.538. The van der Waals surface area contributed by atoms with Crippen LogP contribution in [0.3, 0.4) is 0 Å². The van der Waals surface area contributed by atoms with Gasteiger partial charge in [0.05, 0.1) is 5.69 Å². The zero-order valence-electron chi connectivity index (χ0n) is 10.5. The maximum atomic E-state index is 13.5. The molecule has 1 unspecified atom stereocenters. The van der Waals surface area contributed by atoms with Gasteiger partial charge in [0.15, 0.2) is 0 Å². The van der Waals surface area contributed by atoms with Gasteiger partial charge in [-0.2, -0.15) is 0 Å². The molecule has 0 aliphatic rings. The van der Waals surface area contributed by atoms with E-state index in [1.807, 2.05) is 18.0 Å². The van der Waals surface area contributed by atoms with Gasteiger partial charge in [-0.05, 0) is 25.0 Å². The predicted molar refractivity (Wildman–Crippen MR) is 68.8 cm³/mol. The summed E-state index contributed by atoms with van der Waals surface area (Å²) in [6.45, 7) is 1.36.